The van der Waals surface area contributed by atoms with Gasteiger partial charge in [0, 0.05) is 0 Å². The molecule has 1 heterocycles. The Morgan fingerprint density at radius 1 is 1.46 bits per heavy atom. The number of hydrogen-bond acceptors (Lipinski definition) is 3. The van der Waals surface area contributed by atoms with Crippen LogP contribution in [-0.2, 0) is 19.5 Å². The van der Waals surface area contributed by atoms with E-state index in [0.717, 1.165) is 11.6 Å². The van der Waals surface area contributed by atoms with E-state index in [4.69, 9.17) is 0 Å². The van der Waals surface area contributed by atoms with Crippen molar-refractivity contribution in [2.24, 2.45) is 5.10 Å². The van der Waals surface area contributed by atoms with E-state index >= 15 is 0 Å². The van der Waals surface area contributed by atoms with Crippen molar-refractivity contribution >= 4 is 23.0 Å². The van der Waals surface area contributed by atoms with Gasteiger partial charge in [-0.05, 0) is 0 Å². The summed E-state index contributed by atoms with van der Waals surface area (Å²) in [4.78, 5) is 0. The largest absolute Gasteiger partial charge is 2.00 e. The summed E-state index contributed by atoms with van der Waals surface area (Å²) in [5.41, 5.74) is 2.88. The predicted octanol–water partition coefficient (Wildman–Crippen LogP) is 2.39. The van der Waals surface area contributed by atoms with Gasteiger partial charge in [0.05, 0.1) is 11.4 Å². The maximum absolute atomic E-state index is 4.15. The number of benzene rings is 1. The van der Waals surface area contributed by atoms with Gasteiger partial charge in [-0.1, -0.05) is 17.4 Å². The molecule has 0 fully saturated rings. The molecule has 0 N–H and O–H groups in total. The zero-order chi connectivity index (χ0) is 7.52. The van der Waals surface area contributed by atoms with Gasteiger partial charge in [0.2, 0.25) is 0 Å². The molecular weight excluding hydrogens is 271 g/mol. The van der Waals surface area contributed by atoms with Crippen LogP contribution in [0.15, 0.2) is 29.4 Å². The van der Waals surface area contributed by atoms with Crippen LogP contribution < -0.4 is 5.01 Å². The molecule has 0 saturated heterocycles. The molecule has 1 radical (unpaired) electrons. The average molecular weight is 281 g/mol. The number of hydrazone groups is 1. The zero-order valence-electron chi connectivity index (χ0n) is 7.23. The number of para-hydroxylation sites is 1. The molecule has 1 aromatic carbocycles. The molecule has 0 unspecified atom stereocenters. The molecule has 13 heavy (non-hydrogen) atoms. The van der Waals surface area contributed by atoms with Gasteiger partial charge in [-0.3, -0.25) is 5.01 Å². The molecule has 1 aliphatic rings. The molecule has 1 aromatic rings. The van der Waals surface area contributed by atoms with Crippen LogP contribution in [0.4, 0.5) is 5.69 Å². The third kappa shape index (κ3) is 3.13. The van der Waals surface area contributed by atoms with Crippen molar-refractivity contribution < 1.29 is 19.5 Å². The van der Waals surface area contributed by atoms with Gasteiger partial charge in [0.15, 0.2) is 0 Å². The van der Waals surface area contributed by atoms with Crippen molar-refractivity contribution in [3.8, 4) is 0 Å². The Hall–Kier alpha value is -0.337. The van der Waals surface area contributed by atoms with Crippen molar-refractivity contribution in [1.82, 2.24) is 0 Å². The first-order valence-corrected chi connectivity index (χ1v) is 4.40. The Bertz CT molecular complexity index is 264. The van der Waals surface area contributed by atoms with Crippen molar-refractivity contribution in [2.75, 3.05) is 10.9 Å². The molecule has 0 aromatic heterocycles. The standard InChI is InChI=1S/C8H7N2S.CH3.Rh/c1-2-4-8(5-3-1)10-7-11-6-9-10;;/h1-4,6H,7H2;1H3;/q2*-1;+2. The van der Waals surface area contributed by atoms with Crippen LogP contribution in [0, 0.1) is 13.5 Å². The minimum Gasteiger partial charge on any atom is -0.358 e. The van der Waals surface area contributed by atoms with Crippen LogP contribution in [0.25, 0.3) is 0 Å². The zero-order valence-corrected chi connectivity index (χ0v) is 9.69. The molecular formula is C9H10N2RhS. The van der Waals surface area contributed by atoms with Gasteiger partial charge < -0.3 is 7.43 Å². The first kappa shape index (κ1) is 12.7. The van der Waals surface area contributed by atoms with E-state index in [1.54, 1.807) is 11.8 Å². The van der Waals surface area contributed by atoms with Gasteiger partial charge in [0.1, 0.15) is 0 Å². The summed E-state index contributed by atoms with van der Waals surface area (Å²) in [5.74, 6) is 0.903. The fourth-order valence-corrected chi connectivity index (χ4v) is 1.50. The molecule has 1 aliphatic heterocycles. The minimum absolute atomic E-state index is 0. The Morgan fingerprint density at radius 3 is 2.85 bits per heavy atom. The number of nitrogens with zero attached hydrogens (tertiary/aromatic N) is 2. The second kappa shape index (κ2) is 6.17. The molecule has 0 spiro atoms. The smallest absolute Gasteiger partial charge is 0.358 e. The van der Waals surface area contributed by atoms with Crippen LogP contribution >= 0.6 is 11.8 Å². The molecule has 2 rings (SSSR count). The van der Waals surface area contributed by atoms with E-state index in [1.807, 2.05) is 34.8 Å². The maximum atomic E-state index is 4.15. The summed E-state index contributed by atoms with van der Waals surface area (Å²) in [6.45, 7) is 0. The molecule has 0 aliphatic carbocycles. The van der Waals surface area contributed by atoms with Gasteiger partial charge in [-0.2, -0.15) is 29.4 Å². The molecule has 71 valence electrons. The van der Waals surface area contributed by atoms with Gasteiger partial charge >= 0.3 is 19.5 Å². The summed E-state index contributed by atoms with van der Waals surface area (Å²) in [6.07, 6.45) is 0. The summed E-state index contributed by atoms with van der Waals surface area (Å²) in [6, 6.07) is 11.0. The molecule has 0 atom stereocenters. The van der Waals surface area contributed by atoms with Crippen molar-refractivity contribution in [3.63, 3.8) is 0 Å². The van der Waals surface area contributed by atoms with Crippen molar-refractivity contribution in [1.29, 1.82) is 0 Å². The van der Waals surface area contributed by atoms with E-state index in [2.05, 4.69) is 11.2 Å². The van der Waals surface area contributed by atoms with Crippen LogP contribution in [0.1, 0.15) is 0 Å². The van der Waals surface area contributed by atoms with Crippen molar-refractivity contribution in [2.45, 2.75) is 0 Å². The average Bonchev–Trinajstić information content (AvgIpc) is 2.58. The normalized spacial score (nSPS) is 13.4. The third-order valence-electron chi connectivity index (χ3n) is 1.43. The van der Waals surface area contributed by atoms with E-state index in [-0.39, 0.29) is 26.9 Å². The quantitative estimate of drug-likeness (QED) is 0.580. The van der Waals surface area contributed by atoms with Gasteiger partial charge in [-0.15, -0.1) is 6.07 Å². The molecule has 0 saturated carbocycles. The number of thioether (sulfide) groups is 1. The molecule has 0 bridgehead atoms. The first-order chi connectivity index (χ1) is 5.47. The number of rotatable bonds is 1. The number of anilines is 1. The summed E-state index contributed by atoms with van der Waals surface area (Å²) in [5, 5.41) is 6.07. The van der Waals surface area contributed by atoms with E-state index in [0.29, 0.717) is 0 Å². The fourth-order valence-electron chi connectivity index (χ4n) is 0.904. The van der Waals surface area contributed by atoms with Crippen LogP contribution in [-0.4, -0.2) is 11.4 Å². The van der Waals surface area contributed by atoms with E-state index in [9.17, 15) is 0 Å². The van der Waals surface area contributed by atoms with Gasteiger partial charge in [-0.25, -0.2) is 0 Å². The third-order valence-corrected chi connectivity index (χ3v) is 2.07. The monoisotopic (exact) mass is 281 g/mol. The fraction of sp³-hybridized carbons (Fsp3) is 0.111. The van der Waals surface area contributed by atoms with Crippen LogP contribution in [0.5, 0.6) is 0 Å². The second-order valence-corrected chi connectivity index (χ2v) is 2.97. The topological polar surface area (TPSA) is 15.6 Å². The van der Waals surface area contributed by atoms with Gasteiger partial charge in [0.25, 0.3) is 0 Å². The Morgan fingerprint density at radius 2 is 2.31 bits per heavy atom. The number of hydrogen-bond donors (Lipinski definition) is 0. The first-order valence-electron chi connectivity index (χ1n) is 3.35. The molecule has 2 nitrogen and oxygen atoms in total. The Labute approximate surface area is 96.2 Å². The predicted molar refractivity (Wildman–Crippen MR) is 55.1 cm³/mol. The van der Waals surface area contributed by atoms with Crippen LogP contribution in [0.2, 0.25) is 0 Å². The summed E-state index contributed by atoms with van der Waals surface area (Å²) < 4.78 is 0. The Balaban J connectivity index is 0.000000720. The van der Waals surface area contributed by atoms with Crippen LogP contribution in [0.3, 0.4) is 0 Å². The second-order valence-electron chi connectivity index (χ2n) is 2.16. The summed E-state index contributed by atoms with van der Waals surface area (Å²) >= 11 is 1.69. The SMILES string of the molecule is [CH3-].[Rh+2].[c-]1ccccc1N1CSC=N1. The minimum atomic E-state index is 0. The van der Waals surface area contributed by atoms with E-state index in [1.165, 1.54) is 0 Å². The molecule has 4 heteroatoms. The van der Waals surface area contributed by atoms with Crippen molar-refractivity contribution in [3.05, 3.63) is 37.8 Å². The Kier molecular flexibility index (Phi) is 6.01. The molecule has 0 amide bonds. The maximum Gasteiger partial charge on any atom is 2.00 e. The van der Waals surface area contributed by atoms with E-state index < -0.39 is 0 Å². The summed E-state index contributed by atoms with van der Waals surface area (Å²) in [7, 11) is 0.